The molecule has 0 spiro atoms. The van der Waals surface area contributed by atoms with Crippen molar-refractivity contribution in [3.63, 3.8) is 0 Å². The number of benzene rings is 2. The van der Waals surface area contributed by atoms with E-state index >= 15 is 0 Å². The van der Waals surface area contributed by atoms with Gasteiger partial charge in [0.2, 0.25) is 5.91 Å². The first-order valence-electron chi connectivity index (χ1n) is 7.33. The summed E-state index contributed by atoms with van der Waals surface area (Å²) >= 11 is 0. The van der Waals surface area contributed by atoms with E-state index in [1.54, 1.807) is 30.3 Å². The Morgan fingerprint density at radius 2 is 1.60 bits per heavy atom. The highest BCUT2D eigenvalue weighted by Gasteiger charge is 2.32. The van der Waals surface area contributed by atoms with Gasteiger partial charge in [-0.2, -0.15) is 0 Å². The Labute approximate surface area is 141 Å². The molecule has 0 aliphatic rings. The van der Waals surface area contributed by atoms with E-state index in [0.29, 0.717) is 5.56 Å². The largest absolute Gasteiger partial charge is 0.573 e. The van der Waals surface area contributed by atoms with Crippen LogP contribution < -0.4 is 15.4 Å². The zero-order valence-corrected chi connectivity index (χ0v) is 13.0. The fraction of sp³-hybridized carbons (Fsp3) is 0.176. The second-order valence-electron chi connectivity index (χ2n) is 4.96. The van der Waals surface area contributed by atoms with Gasteiger partial charge < -0.3 is 15.4 Å². The maximum absolute atomic E-state index is 12.3. The standard InChI is InChI=1S/C17H15F3N2O3/c18-17(19,20)25-14-9-5-4-8-13(14)22-15(23)10-11-21-16(24)12-6-2-1-3-7-12/h1-9H,10-11H2,(H,21,24)(H,22,23). The zero-order valence-electron chi connectivity index (χ0n) is 13.0. The summed E-state index contributed by atoms with van der Waals surface area (Å²) in [7, 11) is 0. The summed E-state index contributed by atoms with van der Waals surface area (Å²) in [5, 5.41) is 4.89. The number of nitrogens with one attached hydrogen (secondary N) is 2. The molecule has 0 saturated carbocycles. The molecule has 25 heavy (non-hydrogen) atoms. The molecule has 0 radical (unpaired) electrons. The molecule has 0 fully saturated rings. The summed E-state index contributed by atoms with van der Waals surface area (Å²) in [6, 6.07) is 13.7. The Bertz CT molecular complexity index is 733. The van der Waals surface area contributed by atoms with Crippen molar-refractivity contribution in [1.82, 2.24) is 5.32 Å². The number of hydrogen-bond donors (Lipinski definition) is 2. The molecule has 2 N–H and O–H groups in total. The van der Waals surface area contributed by atoms with E-state index < -0.39 is 18.0 Å². The van der Waals surface area contributed by atoms with Crippen molar-refractivity contribution in [3.8, 4) is 5.75 Å². The summed E-state index contributed by atoms with van der Waals surface area (Å²) < 4.78 is 40.8. The molecular formula is C17H15F3N2O3. The highest BCUT2D eigenvalue weighted by atomic mass is 19.4. The fourth-order valence-electron chi connectivity index (χ4n) is 1.98. The minimum absolute atomic E-state index is 0.0435. The molecule has 0 bridgehead atoms. The molecule has 8 heteroatoms. The molecule has 132 valence electrons. The number of carbonyl (C=O) groups excluding carboxylic acids is 2. The van der Waals surface area contributed by atoms with Crippen molar-refractivity contribution in [2.75, 3.05) is 11.9 Å². The van der Waals surface area contributed by atoms with E-state index in [1.165, 1.54) is 18.2 Å². The minimum Gasteiger partial charge on any atom is -0.404 e. The van der Waals surface area contributed by atoms with Gasteiger partial charge in [0, 0.05) is 18.5 Å². The first-order valence-corrected chi connectivity index (χ1v) is 7.33. The third kappa shape index (κ3) is 6.17. The zero-order chi connectivity index (χ0) is 18.3. The smallest absolute Gasteiger partial charge is 0.404 e. The molecule has 0 heterocycles. The van der Waals surface area contributed by atoms with Crippen LogP contribution in [0.15, 0.2) is 54.6 Å². The van der Waals surface area contributed by atoms with Gasteiger partial charge in [0.15, 0.2) is 5.75 Å². The molecule has 0 atom stereocenters. The van der Waals surface area contributed by atoms with E-state index in [1.807, 2.05) is 0 Å². The molecule has 0 aliphatic heterocycles. The first-order chi connectivity index (χ1) is 11.8. The first kappa shape index (κ1) is 18.3. The molecule has 5 nitrogen and oxygen atoms in total. The second-order valence-corrected chi connectivity index (χ2v) is 4.96. The van der Waals surface area contributed by atoms with E-state index in [0.717, 1.165) is 6.07 Å². The second kappa shape index (κ2) is 8.18. The van der Waals surface area contributed by atoms with Gasteiger partial charge in [-0.05, 0) is 24.3 Å². The number of hydrogen-bond acceptors (Lipinski definition) is 3. The van der Waals surface area contributed by atoms with Crippen molar-refractivity contribution in [2.24, 2.45) is 0 Å². The van der Waals surface area contributed by atoms with Crippen molar-refractivity contribution in [3.05, 3.63) is 60.2 Å². The van der Waals surface area contributed by atoms with E-state index in [4.69, 9.17) is 0 Å². The lowest BCUT2D eigenvalue weighted by Crippen LogP contribution is -2.27. The van der Waals surface area contributed by atoms with Gasteiger partial charge in [0.1, 0.15) is 0 Å². The Balaban J connectivity index is 1.86. The topological polar surface area (TPSA) is 67.4 Å². The number of carbonyl (C=O) groups is 2. The van der Waals surface area contributed by atoms with Crippen LogP contribution in [-0.4, -0.2) is 24.7 Å². The monoisotopic (exact) mass is 352 g/mol. The maximum Gasteiger partial charge on any atom is 0.573 e. The van der Waals surface area contributed by atoms with E-state index in [2.05, 4.69) is 15.4 Å². The lowest BCUT2D eigenvalue weighted by atomic mass is 10.2. The number of anilines is 1. The van der Waals surface area contributed by atoms with Gasteiger partial charge in [-0.15, -0.1) is 13.2 Å². The normalized spacial score (nSPS) is 10.8. The number of amides is 2. The van der Waals surface area contributed by atoms with Crippen molar-refractivity contribution in [2.45, 2.75) is 12.8 Å². The van der Waals surface area contributed by atoms with Crippen molar-refractivity contribution < 1.29 is 27.5 Å². The lowest BCUT2D eigenvalue weighted by Gasteiger charge is -2.14. The molecular weight excluding hydrogens is 337 g/mol. The molecule has 0 aromatic heterocycles. The van der Waals surface area contributed by atoms with Crippen LogP contribution >= 0.6 is 0 Å². The van der Waals surface area contributed by atoms with Crippen LogP contribution in [0.1, 0.15) is 16.8 Å². The van der Waals surface area contributed by atoms with Crippen LogP contribution in [0.2, 0.25) is 0 Å². The molecule has 0 aliphatic carbocycles. The predicted molar refractivity (Wildman–Crippen MR) is 85.1 cm³/mol. The summed E-state index contributed by atoms with van der Waals surface area (Å²) in [4.78, 5) is 23.7. The van der Waals surface area contributed by atoms with Gasteiger partial charge in [-0.1, -0.05) is 30.3 Å². The van der Waals surface area contributed by atoms with Crippen molar-refractivity contribution in [1.29, 1.82) is 0 Å². The highest BCUT2D eigenvalue weighted by Crippen LogP contribution is 2.29. The Hall–Kier alpha value is -3.03. The fourth-order valence-corrected chi connectivity index (χ4v) is 1.98. The Kier molecular flexibility index (Phi) is 5.99. The lowest BCUT2D eigenvalue weighted by molar-refractivity contribution is -0.274. The molecule has 2 rings (SSSR count). The highest BCUT2D eigenvalue weighted by molar-refractivity contribution is 5.95. The summed E-state index contributed by atoms with van der Waals surface area (Å²) in [5.74, 6) is -1.39. The van der Waals surface area contributed by atoms with E-state index in [9.17, 15) is 22.8 Å². The number of para-hydroxylation sites is 2. The number of rotatable bonds is 6. The average molecular weight is 352 g/mol. The van der Waals surface area contributed by atoms with Crippen LogP contribution in [0.5, 0.6) is 5.75 Å². The number of alkyl halides is 3. The molecule has 2 amide bonds. The van der Waals surface area contributed by atoms with Gasteiger partial charge in [0.05, 0.1) is 5.69 Å². The van der Waals surface area contributed by atoms with Gasteiger partial charge in [-0.25, -0.2) is 0 Å². The molecule has 2 aromatic carbocycles. The van der Waals surface area contributed by atoms with Crippen LogP contribution in [0, 0.1) is 0 Å². The summed E-state index contributed by atoms with van der Waals surface area (Å²) in [6.07, 6.45) is -4.95. The SMILES string of the molecule is O=C(CCNC(=O)c1ccccc1)Nc1ccccc1OC(F)(F)F. The third-order valence-corrected chi connectivity index (χ3v) is 3.06. The maximum atomic E-state index is 12.3. The van der Waals surface area contributed by atoms with Crippen LogP contribution in [0.3, 0.4) is 0 Å². The van der Waals surface area contributed by atoms with Crippen LogP contribution in [0.4, 0.5) is 18.9 Å². The number of halogens is 3. The van der Waals surface area contributed by atoms with E-state index in [-0.39, 0.29) is 24.6 Å². The van der Waals surface area contributed by atoms with Crippen molar-refractivity contribution >= 4 is 17.5 Å². The summed E-state index contributed by atoms with van der Waals surface area (Å²) in [6.45, 7) is 0.0435. The Morgan fingerprint density at radius 1 is 0.960 bits per heavy atom. The van der Waals surface area contributed by atoms with Gasteiger partial charge in [-0.3, -0.25) is 9.59 Å². The van der Waals surface area contributed by atoms with Gasteiger partial charge >= 0.3 is 6.36 Å². The Morgan fingerprint density at radius 3 is 2.28 bits per heavy atom. The predicted octanol–water partition coefficient (Wildman–Crippen LogP) is 3.34. The summed E-state index contributed by atoms with van der Waals surface area (Å²) in [5.41, 5.74) is 0.353. The quantitative estimate of drug-likeness (QED) is 0.838. The van der Waals surface area contributed by atoms with Gasteiger partial charge in [0.25, 0.3) is 5.91 Å². The number of ether oxygens (including phenoxy) is 1. The van der Waals surface area contributed by atoms with Crippen LogP contribution in [-0.2, 0) is 4.79 Å². The molecule has 0 saturated heterocycles. The molecule has 2 aromatic rings. The minimum atomic E-state index is -4.86. The molecule has 0 unspecified atom stereocenters. The third-order valence-electron chi connectivity index (χ3n) is 3.06. The average Bonchev–Trinajstić information content (AvgIpc) is 2.56. The van der Waals surface area contributed by atoms with Crippen LogP contribution in [0.25, 0.3) is 0 Å².